The lowest BCUT2D eigenvalue weighted by Gasteiger charge is -2.56. The molecule has 2 nitrogen and oxygen atoms in total. The Morgan fingerprint density at radius 3 is 1.55 bits per heavy atom. The summed E-state index contributed by atoms with van der Waals surface area (Å²) in [6.45, 7) is 4.21. The minimum Gasteiger partial charge on any atom is -0.384 e. The lowest BCUT2D eigenvalue weighted by atomic mass is 9.62. The highest BCUT2D eigenvalue weighted by molar-refractivity contribution is 5.33. The molecule has 3 heteroatoms. The third-order valence-electron chi connectivity index (χ3n) is 6.80. The molecule has 150 valence electrons. The minimum absolute atomic E-state index is 0.0210. The number of hydrogen-bond donors (Lipinski definition) is 1. The van der Waals surface area contributed by atoms with Crippen LogP contribution in [0, 0.1) is 17.7 Å². The molecule has 0 spiro atoms. The predicted octanol–water partition coefficient (Wildman–Crippen LogP) is 5.71. The molecule has 0 bridgehead atoms. The fourth-order valence-electron chi connectivity index (χ4n) is 5.37. The molecule has 3 aromatic carbocycles. The van der Waals surface area contributed by atoms with Crippen LogP contribution in [0.2, 0.25) is 0 Å². The highest BCUT2D eigenvalue weighted by Gasteiger charge is 2.54. The Labute approximate surface area is 172 Å². The summed E-state index contributed by atoms with van der Waals surface area (Å²) in [4.78, 5) is 2.39. The van der Waals surface area contributed by atoms with E-state index in [2.05, 4.69) is 50.1 Å². The summed E-state index contributed by atoms with van der Waals surface area (Å²) in [6, 6.07) is 27.1. The van der Waals surface area contributed by atoms with E-state index >= 15 is 0 Å². The fraction of sp³-hybridized carbons (Fsp3) is 0.308. The Kier molecular flexibility index (Phi) is 5.28. The molecule has 29 heavy (non-hydrogen) atoms. The lowest BCUT2D eigenvalue weighted by molar-refractivity contribution is -0.161. The second-order valence-electron chi connectivity index (χ2n) is 8.29. The molecule has 1 N–H and O–H groups in total. The number of hydrogen-bond acceptors (Lipinski definition) is 2. The van der Waals surface area contributed by atoms with Crippen molar-refractivity contribution in [1.82, 2.24) is 4.90 Å². The molecule has 4 rings (SSSR count). The number of benzene rings is 3. The van der Waals surface area contributed by atoms with Crippen molar-refractivity contribution in [3.63, 3.8) is 0 Å². The van der Waals surface area contributed by atoms with Crippen molar-refractivity contribution in [2.45, 2.75) is 31.5 Å². The first-order valence-electron chi connectivity index (χ1n) is 10.2. The van der Waals surface area contributed by atoms with Crippen LogP contribution in [0.15, 0.2) is 84.9 Å². The predicted molar refractivity (Wildman–Crippen MR) is 115 cm³/mol. The average molecular weight is 390 g/mol. The normalized spacial score (nSPS) is 30.2. The van der Waals surface area contributed by atoms with Crippen LogP contribution in [0.4, 0.5) is 4.39 Å². The molecular weight excluding hydrogens is 361 g/mol. The molecular formula is C26H28FNO. The van der Waals surface area contributed by atoms with Crippen molar-refractivity contribution in [3.05, 3.63) is 107 Å². The summed E-state index contributed by atoms with van der Waals surface area (Å²) in [7, 11) is 2.15. The molecule has 1 aliphatic rings. The van der Waals surface area contributed by atoms with E-state index in [1.54, 1.807) is 12.1 Å². The molecule has 0 aliphatic carbocycles. The van der Waals surface area contributed by atoms with Gasteiger partial charge in [0.25, 0.3) is 0 Å². The second kappa shape index (κ2) is 7.74. The van der Waals surface area contributed by atoms with Crippen molar-refractivity contribution < 1.29 is 9.50 Å². The first kappa shape index (κ1) is 19.8. The number of rotatable bonds is 3. The van der Waals surface area contributed by atoms with E-state index in [1.807, 2.05) is 36.4 Å². The van der Waals surface area contributed by atoms with Gasteiger partial charge in [-0.2, -0.15) is 0 Å². The molecule has 0 saturated carbocycles. The van der Waals surface area contributed by atoms with Gasteiger partial charge in [0.1, 0.15) is 5.82 Å². The standard InChI is InChI=1S/C26H28FNO/c1-18-24(20-10-6-4-7-11-20)28(3)25(21-12-8-5-9-13-21)19(2)26(18,29)22-14-16-23(27)17-15-22/h4-19,24-25,29H,1-3H3/t18-,19+,24-,25-,26?/m0/s1. The van der Waals surface area contributed by atoms with Crippen molar-refractivity contribution in [2.24, 2.45) is 11.8 Å². The van der Waals surface area contributed by atoms with Crippen LogP contribution in [-0.4, -0.2) is 17.1 Å². The molecule has 1 heterocycles. The summed E-state index contributed by atoms with van der Waals surface area (Å²) in [6.07, 6.45) is 0. The van der Waals surface area contributed by atoms with Crippen molar-refractivity contribution in [3.8, 4) is 0 Å². The zero-order chi connectivity index (χ0) is 20.6. The van der Waals surface area contributed by atoms with Gasteiger partial charge >= 0.3 is 0 Å². The highest BCUT2D eigenvalue weighted by atomic mass is 19.1. The Morgan fingerprint density at radius 2 is 1.14 bits per heavy atom. The minimum atomic E-state index is -1.10. The Hall–Kier alpha value is -2.49. The quantitative estimate of drug-likeness (QED) is 0.620. The van der Waals surface area contributed by atoms with Crippen LogP contribution >= 0.6 is 0 Å². The van der Waals surface area contributed by atoms with Gasteiger partial charge in [0.15, 0.2) is 0 Å². The Balaban J connectivity index is 1.89. The van der Waals surface area contributed by atoms with E-state index in [0.29, 0.717) is 0 Å². The molecule has 0 aromatic heterocycles. The summed E-state index contributed by atoms with van der Waals surface area (Å²) < 4.78 is 13.6. The summed E-state index contributed by atoms with van der Waals surface area (Å²) >= 11 is 0. The van der Waals surface area contributed by atoms with Crippen LogP contribution in [0.1, 0.15) is 42.6 Å². The van der Waals surface area contributed by atoms with Crippen molar-refractivity contribution in [2.75, 3.05) is 7.05 Å². The fourth-order valence-corrected chi connectivity index (χ4v) is 5.37. The lowest BCUT2D eigenvalue weighted by Crippen LogP contribution is -2.56. The molecule has 1 saturated heterocycles. The van der Waals surface area contributed by atoms with E-state index in [-0.39, 0.29) is 29.7 Å². The van der Waals surface area contributed by atoms with Gasteiger partial charge in [-0.15, -0.1) is 0 Å². The zero-order valence-electron chi connectivity index (χ0n) is 17.2. The number of aliphatic hydroxyl groups is 1. The number of halogens is 1. The summed E-state index contributed by atoms with van der Waals surface area (Å²) in [5.74, 6) is -0.463. The summed E-state index contributed by atoms with van der Waals surface area (Å²) in [5, 5.41) is 12.2. The molecule has 1 fully saturated rings. The number of nitrogens with zero attached hydrogens (tertiary/aromatic N) is 1. The zero-order valence-corrected chi connectivity index (χ0v) is 17.2. The van der Waals surface area contributed by atoms with Gasteiger partial charge in [-0.1, -0.05) is 86.6 Å². The Bertz CT molecular complexity index is 888. The smallest absolute Gasteiger partial charge is 0.123 e. The topological polar surface area (TPSA) is 23.5 Å². The molecule has 1 aliphatic heterocycles. The van der Waals surface area contributed by atoms with Crippen molar-refractivity contribution in [1.29, 1.82) is 0 Å². The molecule has 5 atom stereocenters. The molecule has 3 aromatic rings. The summed E-state index contributed by atoms with van der Waals surface area (Å²) in [5.41, 5.74) is 2.03. The van der Waals surface area contributed by atoms with Gasteiger partial charge in [0.2, 0.25) is 0 Å². The van der Waals surface area contributed by atoms with Gasteiger partial charge in [-0.3, -0.25) is 4.90 Å². The van der Waals surface area contributed by atoms with Gasteiger partial charge < -0.3 is 5.11 Å². The van der Waals surface area contributed by atoms with Crippen LogP contribution in [-0.2, 0) is 5.60 Å². The third kappa shape index (κ3) is 3.29. The molecule has 0 radical (unpaired) electrons. The maximum Gasteiger partial charge on any atom is 0.123 e. The van der Waals surface area contributed by atoms with Crippen LogP contribution in [0.3, 0.4) is 0 Å². The van der Waals surface area contributed by atoms with E-state index in [9.17, 15) is 9.50 Å². The second-order valence-corrected chi connectivity index (χ2v) is 8.29. The van der Waals surface area contributed by atoms with Crippen molar-refractivity contribution >= 4 is 0 Å². The van der Waals surface area contributed by atoms with Crippen LogP contribution < -0.4 is 0 Å². The maximum atomic E-state index is 13.6. The van der Waals surface area contributed by atoms with Crippen LogP contribution in [0.5, 0.6) is 0 Å². The third-order valence-corrected chi connectivity index (χ3v) is 6.80. The SMILES string of the molecule is C[C@@H]1[C@@H](c2ccccc2)N(C)[C@H](c2ccccc2)[C@H](C)C1(O)c1ccc(F)cc1. The monoisotopic (exact) mass is 389 g/mol. The maximum absolute atomic E-state index is 13.6. The average Bonchev–Trinajstić information content (AvgIpc) is 2.74. The highest BCUT2D eigenvalue weighted by Crippen LogP contribution is 2.55. The number of likely N-dealkylation sites (tertiary alicyclic amines) is 1. The van der Waals surface area contributed by atoms with E-state index < -0.39 is 5.60 Å². The van der Waals surface area contributed by atoms with Crippen LogP contribution in [0.25, 0.3) is 0 Å². The van der Waals surface area contributed by atoms with E-state index in [0.717, 1.165) is 5.56 Å². The van der Waals surface area contributed by atoms with Gasteiger partial charge in [-0.05, 0) is 35.9 Å². The van der Waals surface area contributed by atoms with E-state index in [4.69, 9.17) is 0 Å². The number of piperidine rings is 1. The van der Waals surface area contributed by atoms with Gasteiger partial charge in [0, 0.05) is 23.9 Å². The van der Waals surface area contributed by atoms with Gasteiger partial charge in [-0.25, -0.2) is 4.39 Å². The first-order chi connectivity index (χ1) is 13.9. The Morgan fingerprint density at radius 1 is 0.724 bits per heavy atom. The van der Waals surface area contributed by atoms with Gasteiger partial charge in [0.05, 0.1) is 5.60 Å². The largest absolute Gasteiger partial charge is 0.384 e. The van der Waals surface area contributed by atoms with E-state index in [1.165, 1.54) is 23.3 Å². The molecule has 1 unspecified atom stereocenters. The molecule has 0 amide bonds. The first-order valence-corrected chi connectivity index (χ1v) is 10.2.